The van der Waals surface area contributed by atoms with E-state index in [4.69, 9.17) is 4.74 Å². The molecule has 0 amide bonds. The molecule has 0 aliphatic rings. The predicted molar refractivity (Wildman–Crippen MR) is 88.5 cm³/mol. The molecule has 0 saturated heterocycles. The molecular weight excluding hydrogens is 330 g/mol. The Morgan fingerprint density at radius 3 is 2.67 bits per heavy atom. The molecule has 2 aromatic rings. The lowest BCUT2D eigenvalue weighted by Gasteiger charge is -2.12. The Labute approximate surface area is 134 Å². The second-order valence-electron chi connectivity index (χ2n) is 4.79. The Bertz CT molecular complexity index is 533. The maximum absolute atomic E-state index is 10.1. The largest absolute Gasteiger partial charge is 0.494 e. The normalized spacial score (nSPS) is 12.1. The fourth-order valence-corrected chi connectivity index (χ4v) is 2.39. The van der Waals surface area contributed by atoms with Crippen LogP contribution in [0.2, 0.25) is 0 Å². The average Bonchev–Trinajstić information content (AvgIpc) is 2.51. The van der Waals surface area contributed by atoms with Gasteiger partial charge in [-0.2, -0.15) is 0 Å². The molecule has 3 nitrogen and oxygen atoms in total. The van der Waals surface area contributed by atoms with Gasteiger partial charge in [0, 0.05) is 11.0 Å². The number of hydrogen-bond donors (Lipinski definition) is 2. The van der Waals surface area contributed by atoms with Crippen LogP contribution in [-0.4, -0.2) is 24.8 Å². The Hall–Kier alpha value is -1.36. The Morgan fingerprint density at radius 2 is 1.90 bits per heavy atom. The third kappa shape index (κ3) is 5.87. The molecule has 0 spiro atoms. The van der Waals surface area contributed by atoms with Crippen LogP contribution in [0.5, 0.6) is 5.75 Å². The summed E-state index contributed by atoms with van der Waals surface area (Å²) < 4.78 is 6.59. The SMILES string of the molecule is OC(CNCCCOc1ccccc1)c1cccc(Br)c1. The minimum absolute atomic E-state index is 0.488. The van der Waals surface area contributed by atoms with Gasteiger partial charge in [-0.1, -0.05) is 46.3 Å². The second-order valence-corrected chi connectivity index (χ2v) is 5.71. The van der Waals surface area contributed by atoms with E-state index in [1.165, 1.54) is 0 Å². The smallest absolute Gasteiger partial charge is 0.119 e. The van der Waals surface area contributed by atoms with E-state index in [1.54, 1.807) is 0 Å². The van der Waals surface area contributed by atoms with Crippen LogP contribution in [0, 0.1) is 0 Å². The summed E-state index contributed by atoms with van der Waals surface area (Å²) in [5.74, 6) is 0.895. The third-order valence-electron chi connectivity index (χ3n) is 3.08. The van der Waals surface area contributed by atoms with Crippen LogP contribution in [0.25, 0.3) is 0 Å². The molecule has 112 valence electrons. The monoisotopic (exact) mass is 349 g/mol. The molecule has 0 heterocycles. The van der Waals surface area contributed by atoms with Gasteiger partial charge in [-0.05, 0) is 42.8 Å². The fourth-order valence-electron chi connectivity index (χ4n) is 1.97. The summed E-state index contributed by atoms with van der Waals surface area (Å²) in [7, 11) is 0. The number of halogens is 1. The number of hydrogen-bond acceptors (Lipinski definition) is 3. The minimum Gasteiger partial charge on any atom is -0.494 e. The zero-order chi connectivity index (χ0) is 14.9. The summed E-state index contributed by atoms with van der Waals surface area (Å²) >= 11 is 3.41. The van der Waals surface area contributed by atoms with Gasteiger partial charge in [-0.25, -0.2) is 0 Å². The number of nitrogens with one attached hydrogen (secondary N) is 1. The number of rotatable bonds is 8. The summed E-state index contributed by atoms with van der Waals surface area (Å²) in [6, 6.07) is 17.5. The standard InChI is InChI=1S/C17H20BrNO2/c18-15-7-4-6-14(12-15)17(20)13-19-10-5-11-21-16-8-2-1-3-9-16/h1-4,6-9,12,17,19-20H,5,10-11,13H2. The lowest BCUT2D eigenvalue weighted by atomic mass is 10.1. The third-order valence-corrected chi connectivity index (χ3v) is 3.57. The number of aliphatic hydroxyl groups is 1. The highest BCUT2D eigenvalue weighted by atomic mass is 79.9. The molecule has 1 atom stereocenters. The van der Waals surface area contributed by atoms with E-state index < -0.39 is 6.10 Å². The number of ether oxygens (including phenoxy) is 1. The number of benzene rings is 2. The Morgan fingerprint density at radius 1 is 1.10 bits per heavy atom. The van der Waals surface area contributed by atoms with Crippen LogP contribution >= 0.6 is 15.9 Å². The van der Waals surface area contributed by atoms with Crippen molar-refractivity contribution >= 4 is 15.9 Å². The van der Waals surface area contributed by atoms with Crippen molar-refractivity contribution in [2.75, 3.05) is 19.7 Å². The van der Waals surface area contributed by atoms with E-state index in [1.807, 2.05) is 54.6 Å². The minimum atomic E-state index is -0.488. The molecule has 2 aromatic carbocycles. The molecule has 0 fully saturated rings. The first-order valence-corrected chi connectivity index (χ1v) is 7.87. The average molecular weight is 350 g/mol. The lowest BCUT2D eigenvalue weighted by molar-refractivity contribution is 0.173. The number of aliphatic hydroxyl groups excluding tert-OH is 1. The molecule has 0 aliphatic carbocycles. The second kappa shape index (κ2) is 8.82. The fraction of sp³-hybridized carbons (Fsp3) is 0.294. The highest BCUT2D eigenvalue weighted by molar-refractivity contribution is 9.10. The quantitative estimate of drug-likeness (QED) is 0.716. The van der Waals surface area contributed by atoms with Crippen LogP contribution < -0.4 is 10.1 Å². The Kier molecular flexibility index (Phi) is 6.73. The van der Waals surface area contributed by atoms with Gasteiger partial charge in [-0.15, -0.1) is 0 Å². The maximum atomic E-state index is 10.1. The topological polar surface area (TPSA) is 41.5 Å². The van der Waals surface area contributed by atoms with Gasteiger partial charge < -0.3 is 15.2 Å². The summed E-state index contributed by atoms with van der Waals surface area (Å²) in [6.07, 6.45) is 0.414. The number of para-hydroxylation sites is 1. The molecular formula is C17H20BrNO2. The van der Waals surface area contributed by atoms with E-state index >= 15 is 0 Å². The van der Waals surface area contributed by atoms with Crippen LogP contribution in [0.3, 0.4) is 0 Å². The first-order chi connectivity index (χ1) is 10.3. The first kappa shape index (κ1) is 16.0. The van der Waals surface area contributed by atoms with E-state index in [-0.39, 0.29) is 0 Å². The van der Waals surface area contributed by atoms with Gasteiger partial charge in [0.1, 0.15) is 5.75 Å². The molecule has 0 aliphatic heterocycles. The molecule has 2 rings (SSSR count). The molecule has 0 bridgehead atoms. The predicted octanol–water partition coefficient (Wildman–Crippen LogP) is 3.54. The molecule has 4 heteroatoms. The summed E-state index contributed by atoms with van der Waals surface area (Å²) in [5.41, 5.74) is 0.914. The zero-order valence-electron chi connectivity index (χ0n) is 11.8. The summed E-state index contributed by atoms with van der Waals surface area (Å²) in [5, 5.41) is 13.3. The van der Waals surface area contributed by atoms with Crippen molar-refractivity contribution in [2.24, 2.45) is 0 Å². The highest BCUT2D eigenvalue weighted by Crippen LogP contribution is 2.17. The summed E-state index contributed by atoms with van der Waals surface area (Å²) in [4.78, 5) is 0. The molecule has 0 radical (unpaired) electrons. The molecule has 2 N–H and O–H groups in total. The molecule has 0 saturated carbocycles. The Balaban J connectivity index is 1.59. The van der Waals surface area contributed by atoms with E-state index in [2.05, 4.69) is 21.2 Å². The van der Waals surface area contributed by atoms with Crippen LogP contribution in [0.4, 0.5) is 0 Å². The summed E-state index contributed by atoms with van der Waals surface area (Å²) in [6.45, 7) is 2.03. The van der Waals surface area contributed by atoms with Gasteiger partial charge in [0.15, 0.2) is 0 Å². The van der Waals surface area contributed by atoms with E-state index in [9.17, 15) is 5.11 Å². The first-order valence-electron chi connectivity index (χ1n) is 7.08. The molecule has 0 aromatic heterocycles. The van der Waals surface area contributed by atoms with Crippen LogP contribution in [-0.2, 0) is 0 Å². The van der Waals surface area contributed by atoms with Crippen molar-refractivity contribution in [3.63, 3.8) is 0 Å². The van der Waals surface area contributed by atoms with Crippen molar-refractivity contribution in [2.45, 2.75) is 12.5 Å². The van der Waals surface area contributed by atoms with E-state index in [0.717, 1.165) is 28.8 Å². The van der Waals surface area contributed by atoms with E-state index in [0.29, 0.717) is 13.2 Å². The van der Waals surface area contributed by atoms with Crippen LogP contribution in [0.1, 0.15) is 18.1 Å². The van der Waals surface area contributed by atoms with Gasteiger partial charge >= 0.3 is 0 Å². The lowest BCUT2D eigenvalue weighted by Crippen LogP contribution is -2.23. The van der Waals surface area contributed by atoms with Crippen molar-refractivity contribution < 1.29 is 9.84 Å². The van der Waals surface area contributed by atoms with Crippen molar-refractivity contribution in [1.29, 1.82) is 0 Å². The van der Waals surface area contributed by atoms with Gasteiger partial charge in [0.25, 0.3) is 0 Å². The van der Waals surface area contributed by atoms with Crippen molar-refractivity contribution in [1.82, 2.24) is 5.32 Å². The van der Waals surface area contributed by atoms with Crippen molar-refractivity contribution in [3.8, 4) is 5.75 Å². The van der Waals surface area contributed by atoms with Crippen LogP contribution in [0.15, 0.2) is 59.1 Å². The molecule has 21 heavy (non-hydrogen) atoms. The van der Waals surface area contributed by atoms with Gasteiger partial charge in [0.2, 0.25) is 0 Å². The van der Waals surface area contributed by atoms with Gasteiger partial charge in [-0.3, -0.25) is 0 Å². The van der Waals surface area contributed by atoms with Gasteiger partial charge in [0.05, 0.1) is 12.7 Å². The molecule has 1 unspecified atom stereocenters. The van der Waals surface area contributed by atoms with Crippen molar-refractivity contribution in [3.05, 3.63) is 64.6 Å². The highest BCUT2D eigenvalue weighted by Gasteiger charge is 2.06. The maximum Gasteiger partial charge on any atom is 0.119 e. The zero-order valence-corrected chi connectivity index (χ0v) is 13.4.